The van der Waals surface area contributed by atoms with Crippen molar-refractivity contribution in [2.45, 2.75) is 26.2 Å². The minimum atomic E-state index is -0.518. The summed E-state index contributed by atoms with van der Waals surface area (Å²) >= 11 is 0. The van der Waals surface area contributed by atoms with Crippen molar-refractivity contribution in [3.8, 4) is 0 Å². The average Bonchev–Trinajstić information content (AvgIpc) is 2.97. The Bertz CT molecular complexity index is 986. The third-order valence-electron chi connectivity index (χ3n) is 4.38. The van der Waals surface area contributed by atoms with Gasteiger partial charge in [0.1, 0.15) is 5.58 Å². The van der Waals surface area contributed by atoms with Crippen molar-refractivity contribution in [1.82, 2.24) is 5.16 Å². The molecule has 2 aromatic heterocycles. The molecule has 0 saturated heterocycles. The number of anilines is 1. The van der Waals surface area contributed by atoms with Gasteiger partial charge in [-0.25, -0.2) is 0 Å². The Morgan fingerprint density at radius 2 is 2.17 bits per heavy atom. The highest BCUT2D eigenvalue weighted by Crippen LogP contribution is 2.30. The Morgan fingerprint density at radius 3 is 3.04 bits per heavy atom. The smallest absolute Gasteiger partial charge is 0.293 e. The number of para-hydroxylation sites is 1. The maximum Gasteiger partial charge on any atom is 0.293 e. The zero-order chi connectivity index (χ0) is 16.7. The third kappa shape index (κ3) is 2.50. The molecule has 0 fully saturated rings. The summed E-state index contributed by atoms with van der Waals surface area (Å²) in [5.74, 6) is 0.297. The van der Waals surface area contributed by atoms with Crippen LogP contribution in [0.4, 0.5) is 5.88 Å². The molecule has 0 aliphatic heterocycles. The molecule has 1 aliphatic carbocycles. The van der Waals surface area contributed by atoms with Crippen molar-refractivity contribution in [2.75, 3.05) is 5.32 Å². The van der Waals surface area contributed by atoms with Crippen LogP contribution in [0.1, 0.15) is 35.2 Å². The lowest BCUT2D eigenvalue weighted by Crippen LogP contribution is -2.17. The Labute approximate surface area is 137 Å². The molecule has 6 nitrogen and oxygen atoms in total. The second-order valence-electron chi connectivity index (χ2n) is 6.21. The molecule has 0 saturated carbocycles. The average molecular weight is 324 g/mol. The number of benzene rings is 1. The first-order valence-electron chi connectivity index (χ1n) is 7.93. The number of nitrogens with one attached hydrogen (secondary N) is 1. The van der Waals surface area contributed by atoms with Crippen LogP contribution in [0.5, 0.6) is 0 Å². The van der Waals surface area contributed by atoms with Gasteiger partial charge in [0.25, 0.3) is 5.91 Å². The molecule has 2 heterocycles. The van der Waals surface area contributed by atoms with E-state index in [0.717, 1.165) is 30.5 Å². The van der Waals surface area contributed by atoms with Gasteiger partial charge < -0.3 is 8.94 Å². The van der Waals surface area contributed by atoms with Crippen LogP contribution in [0.2, 0.25) is 0 Å². The van der Waals surface area contributed by atoms with Crippen molar-refractivity contribution >= 4 is 22.8 Å². The van der Waals surface area contributed by atoms with Crippen molar-refractivity contribution in [2.24, 2.45) is 5.92 Å². The molecule has 4 rings (SSSR count). The summed E-state index contributed by atoms with van der Waals surface area (Å²) in [5, 5.41) is 7.15. The highest BCUT2D eigenvalue weighted by molar-refractivity contribution is 6.02. The summed E-state index contributed by atoms with van der Waals surface area (Å²) < 4.78 is 10.8. The molecule has 24 heavy (non-hydrogen) atoms. The predicted octanol–water partition coefficient (Wildman–Crippen LogP) is 3.16. The van der Waals surface area contributed by atoms with Gasteiger partial charge in [0.05, 0.1) is 11.1 Å². The van der Waals surface area contributed by atoms with Crippen LogP contribution in [-0.2, 0) is 12.8 Å². The fourth-order valence-electron chi connectivity index (χ4n) is 3.06. The van der Waals surface area contributed by atoms with E-state index in [4.69, 9.17) is 8.94 Å². The number of hydrogen-bond acceptors (Lipinski definition) is 5. The van der Waals surface area contributed by atoms with Crippen LogP contribution >= 0.6 is 0 Å². The Kier molecular flexibility index (Phi) is 3.45. The van der Waals surface area contributed by atoms with E-state index in [2.05, 4.69) is 17.4 Å². The van der Waals surface area contributed by atoms with E-state index in [1.54, 1.807) is 24.3 Å². The molecular formula is C18H16N2O4. The predicted molar refractivity (Wildman–Crippen MR) is 88.1 cm³/mol. The summed E-state index contributed by atoms with van der Waals surface area (Å²) in [6.45, 7) is 2.16. The molecule has 0 unspecified atom stereocenters. The second kappa shape index (κ2) is 5.63. The Morgan fingerprint density at radius 1 is 1.33 bits per heavy atom. The summed E-state index contributed by atoms with van der Waals surface area (Å²) in [7, 11) is 0. The Hall–Kier alpha value is -2.89. The van der Waals surface area contributed by atoms with Crippen molar-refractivity contribution in [3.05, 3.63) is 57.6 Å². The number of amides is 1. The number of aryl methyl sites for hydroxylation is 1. The van der Waals surface area contributed by atoms with Gasteiger partial charge in [0.15, 0.2) is 11.2 Å². The van der Waals surface area contributed by atoms with Crippen molar-refractivity contribution in [1.29, 1.82) is 0 Å². The normalized spacial score (nSPS) is 16.8. The summed E-state index contributed by atoms with van der Waals surface area (Å²) in [5.41, 5.74) is 1.95. The standard InChI is InChI=1S/C18H16N2O4/c1-10-6-7-13-12(8-10)18(24-20-13)19-17(22)16-9-14(21)11-4-2-3-5-15(11)23-16/h2-5,9-10H,6-8H2,1H3,(H,19,22)/t10-/m0/s1. The van der Waals surface area contributed by atoms with E-state index in [0.29, 0.717) is 22.8 Å². The summed E-state index contributed by atoms with van der Waals surface area (Å²) in [4.78, 5) is 24.6. The topological polar surface area (TPSA) is 85.3 Å². The molecule has 0 radical (unpaired) electrons. The zero-order valence-electron chi connectivity index (χ0n) is 13.2. The number of fused-ring (bicyclic) bond motifs is 2. The van der Waals surface area contributed by atoms with Crippen molar-refractivity contribution in [3.63, 3.8) is 0 Å². The lowest BCUT2D eigenvalue weighted by Gasteiger charge is -2.16. The molecule has 0 spiro atoms. The second-order valence-corrected chi connectivity index (χ2v) is 6.21. The van der Waals surface area contributed by atoms with Gasteiger partial charge in [0.2, 0.25) is 5.88 Å². The minimum Gasteiger partial charge on any atom is -0.451 e. The highest BCUT2D eigenvalue weighted by Gasteiger charge is 2.25. The molecule has 1 atom stereocenters. The van der Waals surface area contributed by atoms with Gasteiger partial charge in [-0.2, -0.15) is 0 Å². The van der Waals surface area contributed by atoms with E-state index in [9.17, 15) is 9.59 Å². The Balaban J connectivity index is 1.66. The van der Waals surface area contributed by atoms with Crippen LogP contribution in [-0.4, -0.2) is 11.1 Å². The quantitative estimate of drug-likeness (QED) is 0.782. The number of carbonyl (C=O) groups is 1. The van der Waals surface area contributed by atoms with E-state index in [-0.39, 0.29) is 11.2 Å². The molecule has 1 aromatic carbocycles. The number of hydrogen-bond donors (Lipinski definition) is 1. The third-order valence-corrected chi connectivity index (χ3v) is 4.38. The zero-order valence-corrected chi connectivity index (χ0v) is 13.2. The van der Waals surface area contributed by atoms with Gasteiger partial charge in [0, 0.05) is 11.6 Å². The molecule has 6 heteroatoms. The fraction of sp³-hybridized carbons (Fsp3) is 0.278. The minimum absolute atomic E-state index is 0.0484. The molecule has 1 aliphatic rings. The fourth-order valence-corrected chi connectivity index (χ4v) is 3.06. The van der Waals surface area contributed by atoms with Gasteiger partial charge in [-0.3, -0.25) is 14.9 Å². The molecular weight excluding hydrogens is 308 g/mol. The van der Waals surface area contributed by atoms with Crippen LogP contribution in [0.3, 0.4) is 0 Å². The van der Waals surface area contributed by atoms with E-state index in [1.165, 1.54) is 6.07 Å². The van der Waals surface area contributed by atoms with Crippen LogP contribution in [0, 0.1) is 5.92 Å². The van der Waals surface area contributed by atoms with Gasteiger partial charge in [-0.05, 0) is 37.3 Å². The van der Waals surface area contributed by atoms with E-state index < -0.39 is 5.91 Å². The first-order chi connectivity index (χ1) is 11.6. The first kappa shape index (κ1) is 14.7. The van der Waals surface area contributed by atoms with Crippen molar-refractivity contribution < 1.29 is 13.7 Å². The van der Waals surface area contributed by atoms with Gasteiger partial charge in [-0.15, -0.1) is 0 Å². The number of nitrogens with zero attached hydrogens (tertiary/aromatic N) is 1. The summed E-state index contributed by atoms with van der Waals surface area (Å²) in [6.07, 6.45) is 2.73. The van der Waals surface area contributed by atoms with E-state index >= 15 is 0 Å². The van der Waals surface area contributed by atoms with E-state index in [1.807, 2.05) is 0 Å². The molecule has 1 N–H and O–H groups in total. The number of carbonyl (C=O) groups excluding carboxylic acids is 1. The van der Waals surface area contributed by atoms with Gasteiger partial charge >= 0.3 is 0 Å². The molecule has 0 bridgehead atoms. The first-order valence-corrected chi connectivity index (χ1v) is 7.93. The highest BCUT2D eigenvalue weighted by atomic mass is 16.5. The molecule has 3 aromatic rings. The van der Waals surface area contributed by atoms with Crippen LogP contribution < -0.4 is 10.7 Å². The van der Waals surface area contributed by atoms with Gasteiger partial charge in [-0.1, -0.05) is 24.2 Å². The molecule has 1 amide bonds. The maximum absolute atomic E-state index is 12.4. The van der Waals surface area contributed by atoms with Crippen LogP contribution in [0.15, 0.2) is 44.1 Å². The maximum atomic E-state index is 12.4. The lowest BCUT2D eigenvalue weighted by atomic mass is 9.89. The largest absolute Gasteiger partial charge is 0.451 e. The van der Waals surface area contributed by atoms with Crippen LogP contribution in [0.25, 0.3) is 11.0 Å². The lowest BCUT2D eigenvalue weighted by molar-refractivity contribution is 0.0994. The monoisotopic (exact) mass is 324 g/mol. The number of rotatable bonds is 2. The number of aromatic nitrogens is 1. The SMILES string of the molecule is C[C@H]1CCc2noc(NC(=O)c3cc(=O)c4ccccc4o3)c2C1. The molecule has 122 valence electrons. The summed E-state index contributed by atoms with van der Waals surface area (Å²) in [6, 6.07) is 8.02.